The van der Waals surface area contributed by atoms with E-state index in [-0.39, 0.29) is 0 Å². The van der Waals surface area contributed by atoms with E-state index in [1.165, 1.54) is 38.5 Å². The van der Waals surface area contributed by atoms with Gasteiger partial charge >= 0.3 is 0 Å². The fourth-order valence-corrected chi connectivity index (χ4v) is 3.93. The van der Waals surface area contributed by atoms with Crippen LogP contribution in [-0.4, -0.2) is 6.04 Å². The summed E-state index contributed by atoms with van der Waals surface area (Å²) in [4.78, 5) is 0. The van der Waals surface area contributed by atoms with Gasteiger partial charge in [0.15, 0.2) is 0 Å². The van der Waals surface area contributed by atoms with Gasteiger partial charge in [-0.05, 0) is 81.0 Å². The highest BCUT2D eigenvalue weighted by Crippen LogP contribution is 2.63. The van der Waals surface area contributed by atoms with E-state index < -0.39 is 0 Å². The van der Waals surface area contributed by atoms with Crippen LogP contribution in [0.1, 0.15) is 85.0 Å². The summed E-state index contributed by atoms with van der Waals surface area (Å²) in [5.41, 5.74) is 7.56. The van der Waals surface area contributed by atoms with Crippen molar-refractivity contribution in [3.63, 3.8) is 0 Å². The van der Waals surface area contributed by atoms with E-state index in [2.05, 4.69) is 6.92 Å². The van der Waals surface area contributed by atoms with Gasteiger partial charge in [-0.2, -0.15) is 0 Å². The average Bonchev–Trinajstić information content (AvgIpc) is 3.24. The highest BCUT2D eigenvalue weighted by Gasteiger charge is 2.50. The molecule has 0 bridgehead atoms. The Labute approximate surface area is 114 Å². The normalized spacial score (nSPS) is 33.7. The quantitative estimate of drug-likeness (QED) is 0.651. The third kappa shape index (κ3) is 3.50. The molecule has 0 heterocycles. The maximum Gasteiger partial charge on any atom is 0.00392 e. The molecule has 4 saturated carbocycles. The van der Waals surface area contributed by atoms with E-state index in [1.54, 1.807) is 25.7 Å². The van der Waals surface area contributed by atoms with Crippen molar-refractivity contribution in [1.29, 1.82) is 0 Å². The molecule has 2 N–H and O–H groups in total. The van der Waals surface area contributed by atoms with Crippen LogP contribution in [0.25, 0.3) is 0 Å². The van der Waals surface area contributed by atoms with Gasteiger partial charge in [0.2, 0.25) is 0 Å². The second kappa shape index (κ2) is 5.53. The Balaban J connectivity index is 0.000000120. The van der Waals surface area contributed by atoms with Crippen molar-refractivity contribution in [2.75, 3.05) is 0 Å². The molecular formula is C17H33N. The predicted molar refractivity (Wildman–Crippen MR) is 79.5 cm³/mol. The predicted octanol–water partition coefficient (Wildman–Crippen LogP) is 4.89. The number of hydrogen-bond donors (Lipinski definition) is 1. The Morgan fingerprint density at radius 3 is 1.50 bits per heavy atom. The lowest BCUT2D eigenvalue weighted by atomic mass is 9.73. The Morgan fingerprint density at radius 1 is 0.778 bits per heavy atom. The molecule has 106 valence electrons. The minimum absolute atomic E-state index is 0.538. The lowest BCUT2D eigenvalue weighted by Gasteiger charge is -2.32. The lowest BCUT2D eigenvalue weighted by Crippen LogP contribution is -2.26. The van der Waals surface area contributed by atoms with Crippen molar-refractivity contribution in [2.45, 2.75) is 91.0 Å². The monoisotopic (exact) mass is 251 g/mol. The van der Waals surface area contributed by atoms with E-state index in [4.69, 9.17) is 5.73 Å². The van der Waals surface area contributed by atoms with Gasteiger partial charge in [0, 0.05) is 6.04 Å². The van der Waals surface area contributed by atoms with E-state index in [9.17, 15) is 0 Å². The summed E-state index contributed by atoms with van der Waals surface area (Å²) in [6.45, 7) is 6.36. The van der Waals surface area contributed by atoms with Gasteiger partial charge in [-0.15, -0.1) is 0 Å². The zero-order valence-electron chi connectivity index (χ0n) is 12.8. The second-order valence-corrected chi connectivity index (χ2v) is 7.35. The van der Waals surface area contributed by atoms with Gasteiger partial charge in [0.25, 0.3) is 0 Å². The molecule has 0 saturated heterocycles. The van der Waals surface area contributed by atoms with Crippen LogP contribution >= 0.6 is 0 Å². The summed E-state index contributed by atoms with van der Waals surface area (Å²) in [7, 11) is 0. The topological polar surface area (TPSA) is 26.0 Å². The first-order valence-electron chi connectivity index (χ1n) is 8.37. The summed E-state index contributed by atoms with van der Waals surface area (Å²) >= 11 is 0. The molecule has 2 spiro atoms. The third-order valence-corrected chi connectivity index (χ3v) is 5.57. The molecular weight excluding hydrogens is 218 g/mol. The van der Waals surface area contributed by atoms with E-state index in [0.717, 1.165) is 16.7 Å². The zero-order chi connectivity index (χ0) is 13.2. The summed E-state index contributed by atoms with van der Waals surface area (Å²) in [5.74, 6) is 1.07. The van der Waals surface area contributed by atoms with Crippen LogP contribution in [0.4, 0.5) is 0 Å². The highest BCUT2D eigenvalue weighted by atomic mass is 14.7. The van der Waals surface area contributed by atoms with E-state index in [0.29, 0.717) is 6.04 Å². The molecule has 0 aromatic carbocycles. The molecule has 0 unspecified atom stereocenters. The molecule has 4 rings (SSSR count). The van der Waals surface area contributed by atoms with Gasteiger partial charge in [0.05, 0.1) is 0 Å². The maximum atomic E-state index is 5.78. The van der Waals surface area contributed by atoms with Gasteiger partial charge in [-0.3, -0.25) is 0 Å². The molecule has 0 aliphatic heterocycles. The Hall–Kier alpha value is -0.0400. The van der Waals surface area contributed by atoms with Crippen LogP contribution in [0.5, 0.6) is 0 Å². The van der Waals surface area contributed by atoms with Crippen molar-refractivity contribution < 1.29 is 0 Å². The van der Waals surface area contributed by atoms with Crippen molar-refractivity contribution >= 4 is 0 Å². The van der Waals surface area contributed by atoms with Crippen LogP contribution in [-0.2, 0) is 0 Å². The maximum absolute atomic E-state index is 5.78. The van der Waals surface area contributed by atoms with Crippen LogP contribution in [0.15, 0.2) is 0 Å². The van der Waals surface area contributed by atoms with Crippen molar-refractivity contribution in [3.05, 3.63) is 0 Å². The summed E-state index contributed by atoms with van der Waals surface area (Å²) in [5, 5.41) is 0. The first kappa shape index (κ1) is 14.4. The van der Waals surface area contributed by atoms with E-state index in [1.807, 2.05) is 13.8 Å². The Bertz CT molecular complexity index is 245. The largest absolute Gasteiger partial charge is 0.328 e. The molecule has 18 heavy (non-hydrogen) atoms. The van der Waals surface area contributed by atoms with Crippen LogP contribution < -0.4 is 5.73 Å². The SMILES string of the molecule is CC.CC1CC2(CC2)C1.NC1CCC2(CC1)CC2. The first-order chi connectivity index (χ1) is 8.62. The molecule has 1 nitrogen and oxygen atoms in total. The third-order valence-electron chi connectivity index (χ3n) is 5.57. The highest BCUT2D eigenvalue weighted by molar-refractivity contribution is 5.02. The minimum atomic E-state index is 0.538. The Morgan fingerprint density at radius 2 is 1.22 bits per heavy atom. The van der Waals surface area contributed by atoms with Crippen LogP contribution in [0.3, 0.4) is 0 Å². The standard InChI is InChI=1S/C8H15N.C7H12.C2H6/c9-7-1-3-8(4-2-7)5-6-8;1-6-4-7(5-6)2-3-7;1-2/h7H,1-6,9H2;6H,2-5H2,1H3;1-2H3. The molecule has 0 aromatic rings. The number of rotatable bonds is 0. The minimum Gasteiger partial charge on any atom is -0.328 e. The molecule has 4 aliphatic carbocycles. The summed E-state index contributed by atoms with van der Waals surface area (Å²) < 4.78 is 0. The van der Waals surface area contributed by atoms with Gasteiger partial charge in [0.1, 0.15) is 0 Å². The number of nitrogens with two attached hydrogens (primary N) is 1. The van der Waals surface area contributed by atoms with Crippen LogP contribution in [0.2, 0.25) is 0 Å². The van der Waals surface area contributed by atoms with Crippen LogP contribution in [0, 0.1) is 16.7 Å². The molecule has 4 fully saturated rings. The second-order valence-electron chi connectivity index (χ2n) is 7.35. The smallest absolute Gasteiger partial charge is 0.00392 e. The van der Waals surface area contributed by atoms with Crippen molar-refractivity contribution in [3.8, 4) is 0 Å². The average molecular weight is 251 g/mol. The molecule has 0 aromatic heterocycles. The Kier molecular flexibility index (Phi) is 4.41. The van der Waals surface area contributed by atoms with Gasteiger partial charge in [-0.25, -0.2) is 0 Å². The fraction of sp³-hybridized carbons (Fsp3) is 1.00. The first-order valence-corrected chi connectivity index (χ1v) is 8.37. The van der Waals surface area contributed by atoms with Gasteiger partial charge < -0.3 is 5.73 Å². The lowest BCUT2D eigenvalue weighted by molar-refractivity contribution is 0.187. The molecule has 0 atom stereocenters. The number of hydrogen-bond acceptors (Lipinski definition) is 1. The van der Waals surface area contributed by atoms with Gasteiger partial charge in [-0.1, -0.05) is 20.8 Å². The van der Waals surface area contributed by atoms with Crippen molar-refractivity contribution in [2.24, 2.45) is 22.5 Å². The molecule has 0 amide bonds. The zero-order valence-corrected chi connectivity index (χ0v) is 12.8. The fourth-order valence-electron chi connectivity index (χ4n) is 3.93. The molecule has 4 aliphatic rings. The molecule has 1 heteroatoms. The summed E-state index contributed by atoms with van der Waals surface area (Å²) in [6.07, 6.45) is 14.6. The summed E-state index contributed by atoms with van der Waals surface area (Å²) in [6, 6.07) is 0.538. The molecule has 0 radical (unpaired) electrons. The van der Waals surface area contributed by atoms with E-state index >= 15 is 0 Å². The van der Waals surface area contributed by atoms with Crippen molar-refractivity contribution in [1.82, 2.24) is 0 Å².